The second kappa shape index (κ2) is 5.85. The van der Waals surface area contributed by atoms with E-state index in [0.717, 1.165) is 6.54 Å². The molecule has 2 nitrogen and oxygen atoms in total. The molecule has 1 atom stereocenters. The lowest BCUT2D eigenvalue weighted by Crippen LogP contribution is -2.44. The van der Waals surface area contributed by atoms with Gasteiger partial charge in [-0.3, -0.25) is 4.90 Å². The second-order valence-corrected chi connectivity index (χ2v) is 6.22. The van der Waals surface area contributed by atoms with Crippen LogP contribution in [0.3, 0.4) is 0 Å². The van der Waals surface area contributed by atoms with E-state index in [4.69, 9.17) is 0 Å². The van der Waals surface area contributed by atoms with Crippen molar-refractivity contribution < 1.29 is 0 Å². The van der Waals surface area contributed by atoms with Crippen molar-refractivity contribution in [3.05, 3.63) is 35.9 Å². The van der Waals surface area contributed by atoms with Gasteiger partial charge in [-0.2, -0.15) is 0 Å². The Bertz CT molecular complexity index is 359. The summed E-state index contributed by atoms with van der Waals surface area (Å²) in [7, 11) is 2.05. The molecular formula is C16H26N2. The first-order valence-electron chi connectivity index (χ1n) is 7.06. The van der Waals surface area contributed by atoms with Gasteiger partial charge in [-0.05, 0) is 37.4 Å². The highest BCUT2D eigenvalue weighted by atomic mass is 15.2. The van der Waals surface area contributed by atoms with Gasteiger partial charge in [0.05, 0.1) is 0 Å². The highest BCUT2D eigenvalue weighted by molar-refractivity contribution is 5.19. The number of piperidine rings is 1. The molecule has 2 heteroatoms. The Labute approximate surface area is 111 Å². The summed E-state index contributed by atoms with van der Waals surface area (Å²) in [6, 6.07) is 11.4. The van der Waals surface area contributed by atoms with Gasteiger partial charge in [-0.25, -0.2) is 0 Å². The minimum absolute atomic E-state index is 0.457. The van der Waals surface area contributed by atoms with Gasteiger partial charge in [-0.15, -0.1) is 0 Å². The van der Waals surface area contributed by atoms with Crippen molar-refractivity contribution >= 4 is 0 Å². The molecule has 0 saturated carbocycles. The van der Waals surface area contributed by atoms with E-state index in [1.807, 2.05) is 7.05 Å². The maximum absolute atomic E-state index is 3.35. The Morgan fingerprint density at radius 3 is 2.61 bits per heavy atom. The number of benzene rings is 1. The van der Waals surface area contributed by atoms with Crippen LogP contribution in [0, 0.1) is 5.41 Å². The molecule has 1 aliphatic rings. The summed E-state index contributed by atoms with van der Waals surface area (Å²) in [5.41, 5.74) is 1.89. The zero-order valence-corrected chi connectivity index (χ0v) is 11.9. The van der Waals surface area contributed by atoms with Gasteiger partial charge >= 0.3 is 0 Å². The predicted molar refractivity (Wildman–Crippen MR) is 77.7 cm³/mol. The Hall–Kier alpha value is -0.860. The second-order valence-electron chi connectivity index (χ2n) is 6.22. The molecule has 1 heterocycles. The average Bonchev–Trinajstić information content (AvgIpc) is 2.36. The lowest BCUT2D eigenvalue weighted by Gasteiger charge is -2.42. The Morgan fingerprint density at radius 2 is 2.00 bits per heavy atom. The molecular weight excluding hydrogens is 220 g/mol. The minimum atomic E-state index is 0.457. The number of nitrogens with zero attached hydrogens (tertiary/aromatic N) is 1. The maximum atomic E-state index is 3.35. The number of likely N-dealkylation sites (tertiary alicyclic amines) is 1. The zero-order valence-electron chi connectivity index (χ0n) is 11.9. The Kier molecular flexibility index (Phi) is 4.41. The van der Waals surface area contributed by atoms with Crippen LogP contribution >= 0.6 is 0 Å². The van der Waals surface area contributed by atoms with Crippen LogP contribution in [0.25, 0.3) is 0 Å². The molecule has 100 valence electrons. The fraction of sp³-hybridized carbons (Fsp3) is 0.625. The van der Waals surface area contributed by atoms with Crippen molar-refractivity contribution in [1.29, 1.82) is 0 Å². The van der Waals surface area contributed by atoms with Crippen LogP contribution in [0.15, 0.2) is 30.3 Å². The molecule has 2 rings (SSSR count). The molecule has 1 aliphatic heterocycles. The SMILES string of the molecule is CNCC(c1ccccc1)N1CCCC(C)(C)C1. The fourth-order valence-corrected chi connectivity index (χ4v) is 3.06. The number of hydrogen-bond donors (Lipinski definition) is 1. The van der Waals surface area contributed by atoms with Crippen LogP contribution in [-0.4, -0.2) is 31.6 Å². The lowest BCUT2D eigenvalue weighted by atomic mass is 9.83. The van der Waals surface area contributed by atoms with E-state index >= 15 is 0 Å². The van der Waals surface area contributed by atoms with E-state index in [-0.39, 0.29) is 0 Å². The summed E-state index contributed by atoms with van der Waals surface area (Å²) in [6.07, 6.45) is 2.67. The van der Waals surface area contributed by atoms with Crippen molar-refractivity contribution in [2.75, 3.05) is 26.7 Å². The van der Waals surface area contributed by atoms with Crippen LogP contribution in [0.5, 0.6) is 0 Å². The Morgan fingerprint density at radius 1 is 1.28 bits per heavy atom. The highest BCUT2D eigenvalue weighted by Crippen LogP contribution is 2.33. The number of hydrogen-bond acceptors (Lipinski definition) is 2. The minimum Gasteiger partial charge on any atom is -0.318 e. The summed E-state index contributed by atoms with van der Waals surface area (Å²) in [5.74, 6) is 0. The van der Waals surface area contributed by atoms with Crippen molar-refractivity contribution in [1.82, 2.24) is 10.2 Å². The third-order valence-electron chi connectivity index (χ3n) is 3.95. The van der Waals surface area contributed by atoms with Gasteiger partial charge in [0, 0.05) is 19.1 Å². The first-order valence-corrected chi connectivity index (χ1v) is 7.06. The summed E-state index contributed by atoms with van der Waals surface area (Å²) in [4.78, 5) is 2.65. The Balaban J connectivity index is 2.15. The van der Waals surface area contributed by atoms with E-state index in [2.05, 4.69) is 54.4 Å². The molecule has 0 radical (unpaired) electrons. The third-order valence-corrected chi connectivity index (χ3v) is 3.95. The van der Waals surface area contributed by atoms with Crippen molar-refractivity contribution in [3.8, 4) is 0 Å². The maximum Gasteiger partial charge on any atom is 0.0472 e. The van der Waals surface area contributed by atoms with Crippen molar-refractivity contribution in [2.45, 2.75) is 32.7 Å². The van der Waals surface area contributed by atoms with Gasteiger partial charge in [0.15, 0.2) is 0 Å². The van der Waals surface area contributed by atoms with Gasteiger partial charge in [-0.1, -0.05) is 44.2 Å². The van der Waals surface area contributed by atoms with E-state index in [1.165, 1.54) is 31.5 Å². The molecule has 0 spiro atoms. The molecule has 18 heavy (non-hydrogen) atoms. The fourth-order valence-electron chi connectivity index (χ4n) is 3.06. The quantitative estimate of drug-likeness (QED) is 0.878. The predicted octanol–water partition coefficient (Wildman–Crippen LogP) is 3.07. The third kappa shape index (κ3) is 3.33. The normalized spacial score (nSPS) is 21.7. The van der Waals surface area contributed by atoms with Gasteiger partial charge < -0.3 is 5.32 Å². The molecule has 1 aromatic carbocycles. The number of nitrogens with one attached hydrogen (secondary N) is 1. The standard InChI is InChI=1S/C16H26N2/c1-16(2)10-7-11-18(13-16)15(12-17-3)14-8-5-4-6-9-14/h4-6,8-9,15,17H,7,10-13H2,1-3H3. The molecule has 0 bridgehead atoms. The van der Waals surface area contributed by atoms with E-state index in [9.17, 15) is 0 Å². The first kappa shape index (κ1) is 13.6. The topological polar surface area (TPSA) is 15.3 Å². The summed E-state index contributed by atoms with van der Waals surface area (Å²) >= 11 is 0. The van der Waals surface area contributed by atoms with Crippen LogP contribution in [0.1, 0.15) is 38.3 Å². The number of likely N-dealkylation sites (N-methyl/N-ethyl adjacent to an activating group) is 1. The summed E-state index contributed by atoms with van der Waals surface area (Å²) in [5, 5.41) is 3.35. The molecule has 1 fully saturated rings. The summed E-state index contributed by atoms with van der Waals surface area (Å²) in [6.45, 7) is 8.24. The number of rotatable bonds is 4. The monoisotopic (exact) mass is 246 g/mol. The van der Waals surface area contributed by atoms with Gasteiger partial charge in [0.1, 0.15) is 0 Å². The van der Waals surface area contributed by atoms with Crippen LogP contribution in [0.2, 0.25) is 0 Å². The van der Waals surface area contributed by atoms with E-state index in [0.29, 0.717) is 11.5 Å². The lowest BCUT2D eigenvalue weighted by molar-refractivity contribution is 0.0779. The van der Waals surface area contributed by atoms with Crippen LogP contribution < -0.4 is 5.32 Å². The van der Waals surface area contributed by atoms with Crippen molar-refractivity contribution in [2.24, 2.45) is 5.41 Å². The largest absolute Gasteiger partial charge is 0.318 e. The van der Waals surface area contributed by atoms with Crippen LogP contribution in [0.4, 0.5) is 0 Å². The van der Waals surface area contributed by atoms with Crippen LogP contribution in [-0.2, 0) is 0 Å². The molecule has 1 unspecified atom stereocenters. The highest BCUT2D eigenvalue weighted by Gasteiger charge is 2.30. The van der Waals surface area contributed by atoms with Crippen molar-refractivity contribution in [3.63, 3.8) is 0 Å². The summed E-state index contributed by atoms with van der Waals surface area (Å²) < 4.78 is 0. The smallest absolute Gasteiger partial charge is 0.0472 e. The first-order chi connectivity index (χ1) is 8.62. The van der Waals surface area contributed by atoms with E-state index in [1.54, 1.807) is 0 Å². The van der Waals surface area contributed by atoms with Gasteiger partial charge in [0.25, 0.3) is 0 Å². The molecule has 1 aromatic rings. The molecule has 0 amide bonds. The molecule has 0 aromatic heterocycles. The molecule has 1 saturated heterocycles. The van der Waals surface area contributed by atoms with Gasteiger partial charge in [0.2, 0.25) is 0 Å². The molecule has 1 N–H and O–H groups in total. The molecule has 0 aliphatic carbocycles. The average molecular weight is 246 g/mol. The zero-order chi connectivity index (χ0) is 13.0. The van der Waals surface area contributed by atoms with E-state index < -0.39 is 0 Å².